The maximum absolute atomic E-state index is 13.0. The number of halogens is 1. The van der Waals surface area contributed by atoms with E-state index in [2.05, 4.69) is 22.0 Å². The van der Waals surface area contributed by atoms with Gasteiger partial charge in [0.15, 0.2) is 11.5 Å². The normalized spacial score (nSPS) is 14.4. The van der Waals surface area contributed by atoms with Gasteiger partial charge >= 0.3 is 0 Å². The van der Waals surface area contributed by atoms with E-state index in [0.717, 1.165) is 34.0 Å². The number of hydrogen-bond donors (Lipinski definition) is 0. The highest BCUT2D eigenvalue weighted by atomic mass is 79.9. The summed E-state index contributed by atoms with van der Waals surface area (Å²) in [6, 6.07) is 19.4. The third-order valence-corrected chi connectivity index (χ3v) is 7.04. The van der Waals surface area contributed by atoms with E-state index in [4.69, 9.17) is 14.2 Å². The molecule has 0 radical (unpaired) electrons. The number of rotatable bonds is 10. The van der Waals surface area contributed by atoms with E-state index in [1.54, 1.807) is 6.08 Å². The molecular weight excluding hydrogens is 554 g/mol. The van der Waals surface area contributed by atoms with E-state index in [-0.39, 0.29) is 24.3 Å². The number of benzene rings is 3. The Morgan fingerprint density at radius 3 is 2.43 bits per heavy atom. The third-order valence-electron chi connectivity index (χ3n) is 5.54. The second-order valence-electron chi connectivity index (χ2n) is 8.54. The van der Waals surface area contributed by atoms with Gasteiger partial charge in [0, 0.05) is 0 Å². The molecule has 0 N–H and O–H groups in total. The SMILES string of the molecule is CCOc1cc(/C=C2\SC(=O)N(CCOc3cccc(C)c3)C2=O)cc(Br)c1OCc1cccc(C)c1. The summed E-state index contributed by atoms with van der Waals surface area (Å²) in [5, 5.41) is -0.314. The molecule has 4 rings (SSSR count). The van der Waals surface area contributed by atoms with Crippen LogP contribution in [0.3, 0.4) is 0 Å². The molecule has 2 amide bonds. The van der Waals surface area contributed by atoms with E-state index in [0.29, 0.717) is 39.8 Å². The highest BCUT2D eigenvalue weighted by Gasteiger charge is 2.35. The van der Waals surface area contributed by atoms with Gasteiger partial charge in [0.25, 0.3) is 11.1 Å². The van der Waals surface area contributed by atoms with Crippen molar-refractivity contribution >= 4 is 44.9 Å². The molecule has 192 valence electrons. The summed E-state index contributed by atoms with van der Waals surface area (Å²) in [5.74, 6) is 1.51. The van der Waals surface area contributed by atoms with Crippen molar-refractivity contribution in [1.29, 1.82) is 0 Å². The highest BCUT2D eigenvalue weighted by Crippen LogP contribution is 2.39. The molecule has 1 fully saturated rings. The molecular formula is C29H28BrNO5S. The first-order valence-corrected chi connectivity index (χ1v) is 13.5. The minimum Gasteiger partial charge on any atom is -0.492 e. The summed E-state index contributed by atoms with van der Waals surface area (Å²) in [6.07, 6.45) is 1.70. The molecule has 0 atom stereocenters. The maximum Gasteiger partial charge on any atom is 0.293 e. The summed E-state index contributed by atoms with van der Waals surface area (Å²) < 4.78 is 18.3. The summed E-state index contributed by atoms with van der Waals surface area (Å²) in [5.41, 5.74) is 4.02. The predicted molar refractivity (Wildman–Crippen MR) is 150 cm³/mol. The quantitative estimate of drug-likeness (QED) is 0.237. The summed E-state index contributed by atoms with van der Waals surface area (Å²) in [7, 11) is 0. The molecule has 0 aromatic heterocycles. The second kappa shape index (κ2) is 12.3. The second-order valence-corrected chi connectivity index (χ2v) is 10.4. The van der Waals surface area contributed by atoms with E-state index in [1.165, 1.54) is 4.90 Å². The van der Waals surface area contributed by atoms with Crippen LogP contribution >= 0.6 is 27.7 Å². The third kappa shape index (κ3) is 6.96. The molecule has 0 bridgehead atoms. The number of aryl methyl sites for hydroxylation is 2. The van der Waals surface area contributed by atoms with E-state index >= 15 is 0 Å². The van der Waals surface area contributed by atoms with Crippen molar-refractivity contribution in [2.24, 2.45) is 0 Å². The van der Waals surface area contributed by atoms with E-state index in [9.17, 15) is 9.59 Å². The zero-order valence-corrected chi connectivity index (χ0v) is 23.4. The number of ether oxygens (including phenoxy) is 3. The van der Waals surface area contributed by atoms with Crippen molar-refractivity contribution in [2.75, 3.05) is 19.8 Å². The summed E-state index contributed by atoms with van der Waals surface area (Å²) in [6.45, 7) is 7.16. The Bertz CT molecular complexity index is 1340. The molecule has 0 spiro atoms. The topological polar surface area (TPSA) is 65.1 Å². The van der Waals surface area contributed by atoms with Gasteiger partial charge in [-0.2, -0.15) is 0 Å². The highest BCUT2D eigenvalue weighted by molar-refractivity contribution is 9.10. The molecule has 1 aliphatic rings. The van der Waals surface area contributed by atoms with Crippen LogP contribution in [-0.4, -0.2) is 35.8 Å². The first-order chi connectivity index (χ1) is 17.8. The molecule has 1 aliphatic heterocycles. The molecule has 3 aromatic carbocycles. The van der Waals surface area contributed by atoms with Crippen molar-refractivity contribution in [2.45, 2.75) is 27.4 Å². The van der Waals surface area contributed by atoms with Crippen LogP contribution < -0.4 is 14.2 Å². The Labute approximate surface area is 229 Å². The molecule has 1 heterocycles. The van der Waals surface area contributed by atoms with Crippen LogP contribution in [0.25, 0.3) is 6.08 Å². The fourth-order valence-electron chi connectivity index (χ4n) is 3.84. The first kappa shape index (κ1) is 26.8. The standard InChI is InChI=1S/C29H28BrNO5S/c1-4-34-25-16-22(15-24(30)27(25)36-18-21-9-5-7-19(2)13-21)17-26-28(32)31(29(33)37-26)11-12-35-23-10-6-8-20(3)14-23/h5-10,13-17H,4,11-12,18H2,1-3H3/b26-17-. The lowest BCUT2D eigenvalue weighted by Gasteiger charge is -2.15. The van der Waals surface area contributed by atoms with Crippen molar-refractivity contribution in [3.05, 3.63) is 92.3 Å². The number of carbonyl (C=O) groups excluding carboxylic acids is 2. The van der Waals surface area contributed by atoms with Gasteiger partial charge in [-0.05, 0) is 95.5 Å². The Morgan fingerprint density at radius 1 is 0.946 bits per heavy atom. The Morgan fingerprint density at radius 2 is 1.70 bits per heavy atom. The number of amides is 2. The minimum absolute atomic E-state index is 0.176. The Balaban J connectivity index is 1.46. The monoisotopic (exact) mass is 581 g/mol. The molecule has 0 saturated carbocycles. The van der Waals surface area contributed by atoms with Gasteiger partial charge < -0.3 is 14.2 Å². The number of imide groups is 1. The number of thioether (sulfide) groups is 1. The van der Waals surface area contributed by atoms with Gasteiger partial charge in [-0.1, -0.05) is 42.0 Å². The first-order valence-electron chi connectivity index (χ1n) is 11.9. The Kier molecular flexibility index (Phi) is 8.95. The van der Waals surface area contributed by atoms with Crippen LogP contribution in [0.1, 0.15) is 29.2 Å². The predicted octanol–water partition coefficient (Wildman–Crippen LogP) is 7.16. The average molecular weight is 583 g/mol. The van der Waals surface area contributed by atoms with Gasteiger partial charge in [-0.3, -0.25) is 14.5 Å². The average Bonchev–Trinajstić information content (AvgIpc) is 3.11. The fourth-order valence-corrected chi connectivity index (χ4v) is 5.27. The Hall–Kier alpha value is -3.23. The van der Waals surface area contributed by atoms with Crippen LogP contribution in [0.15, 0.2) is 70.0 Å². The van der Waals surface area contributed by atoms with Gasteiger partial charge in [0.1, 0.15) is 19.0 Å². The van der Waals surface area contributed by atoms with Gasteiger partial charge in [-0.25, -0.2) is 0 Å². The molecule has 0 unspecified atom stereocenters. The van der Waals surface area contributed by atoms with Crippen LogP contribution in [-0.2, 0) is 11.4 Å². The molecule has 8 heteroatoms. The van der Waals surface area contributed by atoms with Crippen LogP contribution in [0.4, 0.5) is 4.79 Å². The number of carbonyl (C=O) groups is 2. The van der Waals surface area contributed by atoms with Crippen LogP contribution in [0.2, 0.25) is 0 Å². The lowest BCUT2D eigenvalue weighted by Crippen LogP contribution is -2.32. The van der Waals surface area contributed by atoms with Gasteiger partial charge in [-0.15, -0.1) is 0 Å². The number of nitrogens with zero attached hydrogens (tertiary/aromatic N) is 1. The summed E-state index contributed by atoms with van der Waals surface area (Å²) in [4.78, 5) is 27.1. The minimum atomic E-state index is -0.336. The van der Waals surface area contributed by atoms with E-state index in [1.807, 2.05) is 75.4 Å². The maximum atomic E-state index is 13.0. The fraction of sp³-hybridized carbons (Fsp3) is 0.241. The molecule has 3 aromatic rings. The zero-order valence-electron chi connectivity index (χ0n) is 21.0. The largest absolute Gasteiger partial charge is 0.492 e. The van der Waals surface area contributed by atoms with Crippen molar-refractivity contribution < 1.29 is 23.8 Å². The van der Waals surface area contributed by atoms with Crippen molar-refractivity contribution in [3.63, 3.8) is 0 Å². The summed E-state index contributed by atoms with van der Waals surface area (Å²) >= 11 is 4.50. The lowest BCUT2D eigenvalue weighted by molar-refractivity contribution is -0.123. The van der Waals surface area contributed by atoms with Crippen LogP contribution in [0, 0.1) is 13.8 Å². The van der Waals surface area contributed by atoms with Gasteiger partial charge in [0.2, 0.25) is 0 Å². The molecule has 6 nitrogen and oxygen atoms in total. The van der Waals surface area contributed by atoms with E-state index < -0.39 is 0 Å². The van der Waals surface area contributed by atoms with Crippen molar-refractivity contribution in [1.82, 2.24) is 4.90 Å². The molecule has 1 saturated heterocycles. The smallest absolute Gasteiger partial charge is 0.293 e. The van der Waals surface area contributed by atoms with Crippen molar-refractivity contribution in [3.8, 4) is 17.2 Å². The van der Waals surface area contributed by atoms with Crippen LogP contribution in [0.5, 0.6) is 17.2 Å². The lowest BCUT2D eigenvalue weighted by atomic mass is 10.1. The van der Waals surface area contributed by atoms with Gasteiger partial charge in [0.05, 0.1) is 22.5 Å². The molecule has 0 aliphatic carbocycles. The molecule has 37 heavy (non-hydrogen) atoms. The zero-order chi connectivity index (χ0) is 26.4. The number of hydrogen-bond acceptors (Lipinski definition) is 6.